The smallest absolute Gasteiger partial charge is 0.341 e. The van der Waals surface area contributed by atoms with Gasteiger partial charge in [-0.15, -0.1) is 0 Å². The maximum absolute atomic E-state index is 9.71. The van der Waals surface area contributed by atoms with E-state index in [0.29, 0.717) is 0 Å². The molecule has 0 aliphatic carbocycles. The van der Waals surface area contributed by atoms with E-state index >= 15 is 0 Å². The van der Waals surface area contributed by atoms with Gasteiger partial charge in [-0.1, -0.05) is 6.92 Å². The third-order valence-electron chi connectivity index (χ3n) is 0.526. The molecule has 0 radical (unpaired) electrons. The SMILES string of the molecule is CCC(=O)OO.O=C(O)CO. The molecule has 0 heterocycles. The van der Waals surface area contributed by atoms with Crippen molar-refractivity contribution < 1.29 is 29.9 Å². The lowest BCUT2D eigenvalue weighted by Gasteiger charge is -1.83. The lowest BCUT2D eigenvalue weighted by atomic mass is 10.5. The average molecular weight is 166 g/mol. The fourth-order valence-corrected chi connectivity index (χ4v) is 0.0645. The zero-order chi connectivity index (χ0) is 9.28. The van der Waals surface area contributed by atoms with E-state index in [9.17, 15) is 4.79 Å². The van der Waals surface area contributed by atoms with Crippen LogP contribution in [-0.4, -0.2) is 34.0 Å². The van der Waals surface area contributed by atoms with Gasteiger partial charge in [0, 0.05) is 6.42 Å². The molecule has 0 unspecified atom stereocenters. The maximum Gasteiger partial charge on any atom is 0.341 e. The normalized spacial score (nSPS) is 7.55. The van der Waals surface area contributed by atoms with E-state index < -0.39 is 18.5 Å². The highest BCUT2D eigenvalue weighted by atomic mass is 17.1. The Morgan fingerprint density at radius 2 is 1.82 bits per heavy atom. The number of hydrogen-bond acceptors (Lipinski definition) is 5. The van der Waals surface area contributed by atoms with Crippen molar-refractivity contribution in [2.45, 2.75) is 13.3 Å². The fraction of sp³-hybridized carbons (Fsp3) is 0.600. The van der Waals surface area contributed by atoms with Gasteiger partial charge < -0.3 is 15.1 Å². The number of aliphatic carboxylic acids is 1. The van der Waals surface area contributed by atoms with Crippen LogP contribution in [0.3, 0.4) is 0 Å². The van der Waals surface area contributed by atoms with Crippen LogP contribution in [-0.2, 0) is 14.5 Å². The highest BCUT2D eigenvalue weighted by Gasteiger charge is 1.90. The molecule has 0 atom stereocenters. The molecular formula is C5H10O6. The van der Waals surface area contributed by atoms with Crippen molar-refractivity contribution in [1.82, 2.24) is 0 Å². The zero-order valence-electron chi connectivity index (χ0n) is 5.98. The fourth-order valence-electron chi connectivity index (χ4n) is 0.0645. The van der Waals surface area contributed by atoms with E-state index in [2.05, 4.69) is 4.89 Å². The monoisotopic (exact) mass is 166 g/mol. The zero-order valence-corrected chi connectivity index (χ0v) is 5.98. The summed E-state index contributed by atoms with van der Waals surface area (Å²) in [6.07, 6.45) is 0.219. The van der Waals surface area contributed by atoms with Gasteiger partial charge in [0.25, 0.3) is 0 Å². The lowest BCUT2D eigenvalue weighted by molar-refractivity contribution is -0.233. The van der Waals surface area contributed by atoms with Crippen LogP contribution in [0.25, 0.3) is 0 Å². The van der Waals surface area contributed by atoms with Crippen LogP contribution in [0.4, 0.5) is 0 Å². The predicted molar refractivity (Wildman–Crippen MR) is 33.7 cm³/mol. The molecule has 3 N–H and O–H groups in total. The van der Waals surface area contributed by atoms with Crippen molar-refractivity contribution in [3.63, 3.8) is 0 Å². The van der Waals surface area contributed by atoms with E-state index in [1.54, 1.807) is 6.92 Å². The molecule has 6 nitrogen and oxygen atoms in total. The van der Waals surface area contributed by atoms with Crippen LogP contribution in [0, 0.1) is 0 Å². The van der Waals surface area contributed by atoms with Gasteiger partial charge in [-0.2, -0.15) is 5.26 Å². The molecule has 0 fully saturated rings. The molecule has 11 heavy (non-hydrogen) atoms. The number of hydrogen-bond donors (Lipinski definition) is 3. The first kappa shape index (κ1) is 12.5. The number of carboxylic acid groups (broad SMARTS) is 1. The molecule has 0 bridgehead atoms. The predicted octanol–water partition coefficient (Wildman–Crippen LogP) is -0.524. The van der Waals surface area contributed by atoms with Crippen molar-refractivity contribution in [2.75, 3.05) is 6.61 Å². The van der Waals surface area contributed by atoms with E-state index in [1.807, 2.05) is 0 Å². The minimum atomic E-state index is -1.19. The highest BCUT2D eigenvalue weighted by molar-refractivity contribution is 5.68. The molecule has 6 heteroatoms. The molecule has 0 saturated heterocycles. The van der Waals surface area contributed by atoms with E-state index in [4.69, 9.17) is 20.3 Å². The third kappa shape index (κ3) is 17.7. The van der Waals surface area contributed by atoms with Crippen LogP contribution >= 0.6 is 0 Å². The summed E-state index contributed by atoms with van der Waals surface area (Å²) in [5.74, 6) is -1.79. The van der Waals surface area contributed by atoms with Gasteiger partial charge in [-0.3, -0.25) is 0 Å². The van der Waals surface area contributed by atoms with Crippen LogP contribution in [0.15, 0.2) is 0 Å². The Morgan fingerprint density at radius 3 is 1.82 bits per heavy atom. The van der Waals surface area contributed by atoms with E-state index in [1.165, 1.54) is 0 Å². The third-order valence-corrected chi connectivity index (χ3v) is 0.526. The van der Waals surface area contributed by atoms with Gasteiger partial charge in [0.1, 0.15) is 6.61 Å². The summed E-state index contributed by atoms with van der Waals surface area (Å²) in [7, 11) is 0. The Kier molecular flexibility index (Phi) is 10.1. The Balaban J connectivity index is 0. The first-order valence-corrected chi connectivity index (χ1v) is 2.75. The first-order chi connectivity index (χ1) is 5.08. The van der Waals surface area contributed by atoms with E-state index in [-0.39, 0.29) is 6.42 Å². The number of carbonyl (C=O) groups excluding carboxylic acids is 1. The summed E-state index contributed by atoms with van der Waals surface area (Å²) in [5.41, 5.74) is 0. The van der Waals surface area contributed by atoms with Gasteiger partial charge in [0.15, 0.2) is 0 Å². The second-order valence-electron chi connectivity index (χ2n) is 1.37. The van der Waals surface area contributed by atoms with Crippen LogP contribution < -0.4 is 0 Å². The number of rotatable bonds is 2. The van der Waals surface area contributed by atoms with Gasteiger partial charge in [0.05, 0.1) is 0 Å². The second kappa shape index (κ2) is 8.86. The van der Waals surface area contributed by atoms with Crippen LogP contribution in [0.1, 0.15) is 13.3 Å². The Morgan fingerprint density at radius 1 is 1.45 bits per heavy atom. The molecular weight excluding hydrogens is 156 g/mol. The Hall–Kier alpha value is -1.14. The second-order valence-corrected chi connectivity index (χ2v) is 1.37. The molecule has 0 amide bonds. The summed E-state index contributed by atoms with van der Waals surface area (Å²) in [6, 6.07) is 0. The minimum Gasteiger partial charge on any atom is -0.480 e. The first-order valence-electron chi connectivity index (χ1n) is 2.75. The summed E-state index contributed by atoms with van der Waals surface area (Å²) in [4.78, 5) is 22.1. The molecule has 0 aromatic heterocycles. The van der Waals surface area contributed by atoms with Crippen molar-refractivity contribution in [2.24, 2.45) is 0 Å². The molecule has 0 aromatic rings. The molecule has 0 saturated carbocycles. The maximum atomic E-state index is 9.71. The van der Waals surface area contributed by atoms with Gasteiger partial charge in [0.2, 0.25) is 0 Å². The quantitative estimate of drug-likeness (QED) is 0.376. The Bertz CT molecular complexity index is 114. The molecule has 0 spiro atoms. The van der Waals surface area contributed by atoms with Crippen LogP contribution in [0.2, 0.25) is 0 Å². The van der Waals surface area contributed by atoms with Gasteiger partial charge in [-0.25, -0.2) is 9.59 Å². The number of aliphatic hydroxyl groups is 1. The summed E-state index contributed by atoms with van der Waals surface area (Å²) >= 11 is 0. The Labute approximate surface area is 63.0 Å². The highest BCUT2D eigenvalue weighted by Crippen LogP contribution is 1.75. The topological polar surface area (TPSA) is 104 Å². The molecule has 0 rings (SSSR count). The van der Waals surface area contributed by atoms with Gasteiger partial charge in [-0.05, 0) is 0 Å². The number of carboxylic acids is 1. The standard InChI is InChI=1S/C3H6O3.C2H4O3/c1-2-3(4)6-5;3-1-2(4)5/h5H,2H2,1H3;3H,1H2,(H,4,5). The molecule has 0 aromatic carbocycles. The number of aliphatic hydroxyl groups excluding tert-OH is 1. The van der Waals surface area contributed by atoms with Crippen LogP contribution in [0.5, 0.6) is 0 Å². The molecule has 0 aliphatic rings. The number of carbonyl (C=O) groups is 2. The van der Waals surface area contributed by atoms with Crippen molar-refractivity contribution >= 4 is 11.9 Å². The van der Waals surface area contributed by atoms with E-state index in [0.717, 1.165) is 0 Å². The molecule has 66 valence electrons. The largest absolute Gasteiger partial charge is 0.480 e. The van der Waals surface area contributed by atoms with Crippen molar-refractivity contribution in [3.05, 3.63) is 0 Å². The lowest BCUT2D eigenvalue weighted by Crippen LogP contribution is -1.98. The summed E-state index contributed by atoms with van der Waals surface area (Å²) in [5, 5.41) is 22.5. The average Bonchev–Trinajstić information content (AvgIpc) is 2.04. The molecule has 0 aliphatic heterocycles. The van der Waals surface area contributed by atoms with Crippen molar-refractivity contribution in [3.8, 4) is 0 Å². The summed E-state index contributed by atoms with van der Waals surface area (Å²) < 4.78 is 0. The van der Waals surface area contributed by atoms with Crippen molar-refractivity contribution in [1.29, 1.82) is 0 Å². The minimum absolute atomic E-state index is 0.219. The van der Waals surface area contributed by atoms with Gasteiger partial charge >= 0.3 is 11.9 Å². The summed E-state index contributed by atoms with van der Waals surface area (Å²) in [6.45, 7) is 0.818.